The molecule has 1 N–H and O–H groups in total. The third-order valence-corrected chi connectivity index (χ3v) is 4.55. The van der Waals surface area contributed by atoms with E-state index in [1.54, 1.807) is 12.4 Å². The molecule has 130 valence electrons. The Kier molecular flexibility index (Phi) is 4.62. The van der Waals surface area contributed by atoms with E-state index in [-0.39, 0.29) is 6.04 Å². The van der Waals surface area contributed by atoms with Crippen molar-refractivity contribution >= 4 is 0 Å². The van der Waals surface area contributed by atoms with Gasteiger partial charge in [0.25, 0.3) is 0 Å². The predicted molar refractivity (Wildman–Crippen MR) is 102 cm³/mol. The summed E-state index contributed by atoms with van der Waals surface area (Å²) in [5, 5.41) is 3.59. The first-order valence-electron chi connectivity index (χ1n) is 8.68. The topological polar surface area (TPSA) is 47.7 Å². The Bertz CT molecular complexity index is 923. The molecule has 2 aromatic heterocycles. The minimum atomic E-state index is 0.278. The van der Waals surface area contributed by atoms with Crippen LogP contribution in [0.2, 0.25) is 0 Å². The zero-order valence-corrected chi connectivity index (χ0v) is 14.7. The maximum Gasteiger partial charge on any atom is 0.0991 e. The molecule has 0 unspecified atom stereocenters. The van der Waals surface area contributed by atoms with Crippen LogP contribution in [-0.4, -0.2) is 19.1 Å². The van der Waals surface area contributed by atoms with E-state index in [2.05, 4.69) is 70.7 Å². The maximum atomic E-state index is 4.09. The summed E-state index contributed by atoms with van der Waals surface area (Å²) in [6.45, 7) is 3.01. The van der Waals surface area contributed by atoms with Gasteiger partial charge in [-0.3, -0.25) is 0 Å². The van der Waals surface area contributed by atoms with Crippen LogP contribution in [0, 0.1) is 0 Å². The van der Waals surface area contributed by atoms with Crippen LogP contribution in [0.4, 0.5) is 0 Å². The minimum absolute atomic E-state index is 0.278. The molecular formula is C21H21N5. The largest absolute Gasteiger partial charge is 0.306 e. The maximum absolute atomic E-state index is 4.09. The summed E-state index contributed by atoms with van der Waals surface area (Å²) in [5.74, 6) is 0. The van der Waals surface area contributed by atoms with Crippen LogP contribution < -0.4 is 5.32 Å². The molecule has 5 nitrogen and oxygen atoms in total. The number of hydrogen-bond donors (Lipinski definition) is 1. The first kappa shape index (κ1) is 16.3. The average Bonchev–Trinajstić information content (AvgIpc) is 3.40. The van der Waals surface area contributed by atoms with Gasteiger partial charge in [-0.1, -0.05) is 24.3 Å². The summed E-state index contributed by atoms with van der Waals surface area (Å²) in [6, 6.07) is 17.4. The Morgan fingerprint density at radius 1 is 0.808 bits per heavy atom. The molecule has 2 heterocycles. The van der Waals surface area contributed by atoms with E-state index in [9.17, 15) is 0 Å². The molecule has 0 amide bonds. The Balaban J connectivity index is 1.37. The van der Waals surface area contributed by atoms with Crippen molar-refractivity contribution in [3.05, 3.63) is 97.1 Å². The molecule has 0 saturated heterocycles. The monoisotopic (exact) mass is 343 g/mol. The van der Waals surface area contributed by atoms with Crippen molar-refractivity contribution in [2.45, 2.75) is 19.5 Å². The second-order valence-electron chi connectivity index (χ2n) is 6.30. The molecule has 0 aliphatic rings. The van der Waals surface area contributed by atoms with Crippen molar-refractivity contribution in [1.29, 1.82) is 0 Å². The normalized spacial score (nSPS) is 12.2. The van der Waals surface area contributed by atoms with E-state index in [0.29, 0.717) is 0 Å². The molecule has 5 heteroatoms. The number of benzene rings is 2. The zero-order chi connectivity index (χ0) is 17.8. The van der Waals surface area contributed by atoms with Gasteiger partial charge in [-0.15, -0.1) is 0 Å². The van der Waals surface area contributed by atoms with E-state index < -0.39 is 0 Å². The molecule has 4 aromatic rings. The minimum Gasteiger partial charge on any atom is -0.306 e. The van der Waals surface area contributed by atoms with Gasteiger partial charge in [-0.2, -0.15) is 0 Å². The van der Waals surface area contributed by atoms with Crippen LogP contribution in [0.1, 0.15) is 24.1 Å². The molecule has 0 saturated carbocycles. The van der Waals surface area contributed by atoms with E-state index in [1.165, 1.54) is 11.1 Å². The van der Waals surface area contributed by atoms with Crippen molar-refractivity contribution in [3.8, 4) is 11.4 Å². The van der Waals surface area contributed by atoms with Gasteiger partial charge in [0.15, 0.2) is 0 Å². The third kappa shape index (κ3) is 3.58. The summed E-state index contributed by atoms with van der Waals surface area (Å²) >= 11 is 0. The SMILES string of the molecule is C[C@H](NCc1ccc(-n2ccnc2)cc1)c1ccc(-n2ccnc2)cc1. The molecular weight excluding hydrogens is 322 g/mol. The number of nitrogens with zero attached hydrogens (tertiary/aromatic N) is 4. The molecule has 0 spiro atoms. The lowest BCUT2D eigenvalue weighted by Crippen LogP contribution is -2.18. The summed E-state index contributed by atoms with van der Waals surface area (Å²) in [6.07, 6.45) is 11.1. The lowest BCUT2D eigenvalue weighted by atomic mass is 10.1. The fourth-order valence-electron chi connectivity index (χ4n) is 2.93. The highest BCUT2D eigenvalue weighted by molar-refractivity contribution is 5.36. The lowest BCUT2D eigenvalue weighted by molar-refractivity contribution is 0.574. The van der Waals surface area contributed by atoms with Crippen LogP contribution >= 0.6 is 0 Å². The lowest BCUT2D eigenvalue weighted by Gasteiger charge is -2.15. The molecule has 0 aliphatic heterocycles. The van der Waals surface area contributed by atoms with Crippen molar-refractivity contribution < 1.29 is 0 Å². The summed E-state index contributed by atoms with van der Waals surface area (Å²) in [5.41, 5.74) is 4.77. The zero-order valence-electron chi connectivity index (χ0n) is 14.7. The highest BCUT2D eigenvalue weighted by atomic mass is 15.0. The van der Waals surface area contributed by atoms with Crippen LogP contribution in [-0.2, 0) is 6.54 Å². The molecule has 2 aromatic carbocycles. The van der Waals surface area contributed by atoms with E-state index in [4.69, 9.17) is 0 Å². The van der Waals surface area contributed by atoms with Crippen LogP contribution in [0.5, 0.6) is 0 Å². The van der Waals surface area contributed by atoms with Crippen molar-refractivity contribution in [1.82, 2.24) is 24.4 Å². The molecule has 0 bridgehead atoms. The van der Waals surface area contributed by atoms with Crippen LogP contribution in [0.25, 0.3) is 11.4 Å². The van der Waals surface area contributed by atoms with Crippen LogP contribution in [0.3, 0.4) is 0 Å². The summed E-state index contributed by atoms with van der Waals surface area (Å²) in [4.78, 5) is 8.17. The third-order valence-electron chi connectivity index (χ3n) is 4.55. The van der Waals surface area contributed by atoms with Gasteiger partial charge in [-0.05, 0) is 42.3 Å². The molecule has 0 radical (unpaired) electrons. The average molecular weight is 343 g/mol. The summed E-state index contributed by atoms with van der Waals surface area (Å²) < 4.78 is 4.01. The van der Waals surface area contributed by atoms with Crippen molar-refractivity contribution in [2.75, 3.05) is 0 Å². The van der Waals surface area contributed by atoms with Gasteiger partial charge in [0.05, 0.1) is 12.7 Å². The smallest absolute Gasteiger partial charge is 0.0991 e. The Morgan fingerprint density at radius 2 is 1.35 bits per heavy atom. The standard InChI is InChI=1S/C21H21N5/c1-17(19-4-8-21(9-5-19)26-13-11-23-16-26)24-14-18-2-6-20(7-3-18)25-12-10-22-15-25/h2-13,15-17,24H,14H2,1H3/t17-/m0/s1. The number of nitrogens with one attached hydrogen (secondary N) is 1. The van der Waals surface area contributed by atoms with Gasteiger partial charge < -0.3 is 14.5 Å². The Morgan fingerprint density at radius 3 is 1.85 bits per heavy atom. The second-order valence-corrected chi connectivity index (χ2v) is 6.30. The number of aromatic nitrogens is 4. The first-order chi connectivity index (χ1) is 12.8. The number of hydrogen-bond acceptors (Lipinski definition) is 3. The van der Waals surface area contributed by atoms with Gasteiger partial charge >= 0.3 is 0 Å². The first-order valence-corrected chi connectivity index (χ1v) is 8.68. The molecule has 0 aliphatic carbocycles. The van der Waals surface area contributed by atoms with Gasteiger partial charge in [0, 0.05) is 48.7 Å². The van der Waals surface area contributed by atoms with E-state index in [0.717, 1.165) is 17.9 Å². The van der Waals surface area contributed by atoms with Gasteiger partial charge in [-0.25, -0.2) is 9.97 Å². The highest BCUT2D eigenvalue weighted by Crippen LogP contribution is 2.17. The molecule has 0 fully saturated rings. The van der Waals surface area contributed by atoms with Gasteiger partial charge in [0.2, 0.25) is 0 Å². The summed E-state index contributed by atoms with van der Waals surface area (Å²) in [7, 11) is 0. The second kappa shape index (κ2) is 7.37. The Hall–Kier alpha value is -3.18. The van der Waals surface area contributed by atoms with E-state index >= 15 is 0 Å². The quantitative estimate of drug-likeness (QED) is 0.577. The van der Waals surface area contributed by atoms with E-state index in [1.807, 2.05) is 34.2 Å². The predicted octanol–water partition coefficient (Wildman–Crippen LogP) is 3.91. The van der Waals surface area contributed by atoms with Crippen molar-refractivity contribution in [2.24, 2.45) is 0 Å². The molecule has 1 atom stereocenters. The van der Waals surface area contributed by atoms with Crippen LogP contribution in [0.15, 0.2) is 86.0 Å². The number of imidazole rings is 2. The fraction of sp³-hybridized carbons (Fsp3) is 0.143. The highest BCUT2D eigenvalue weighted by Gasteiger charge is 2.06. The fourth-order valence-corrected chi connectivity index (χ4v) is 2.93. The number of rotatable bonds is 6. The molecule has 26 heavy (non-hydrogen) atoms. The van der Waals surface area contributed by atoms with Gasteiger partial charge in [0.1, 0.15) is 0 Å². The Labute approximate surface area is 153 Å². The van der Waals surface area contributed by atoms with Crippen molar-refractivity contribution in [3.63, 3.8) is 0 Å². The molecule has 4 rings (SSSR count).